The number of alkyl halides is 3. The van der Waals surface area contributed by atoms with Crippen molar-refractivity contribution in [3.63, 3.8) is 0 Å². The zero-order valence-electron chi connectivity index (χ0n) is 12.2. The van der Waals surface area contributed by atoms with Crippen LogP contribution in [0.4, 0.5) is 13.2 Å². The molecule has 0 fully saturated rings. The maximum atomic E-state index is 12.3. The Morgan fingerprint density at radius 3 is 2.45 bits per heavy atom. The Bertz CT molecular complexity index is 461. The van der Waals surface area contributed by atoms with Crippen molar-refractivity contribution in [2.24, 2.45) is 0 Å². The molecule has 0 amide bonds. The number of unbranched alkanes of at least 4 members (excludes halogenated alkanes) is 1. The number of ether oxygens (including phenoxy) is 1. The van der Waals surface area contributed by atoms with Crippen molar-refractivity contribution in [1.82, 2.24) is 0 Å². The Balaban J connectivity index is 3.10. The summed E-state index contributed by atoms with van der Waals surface area (Å²) < 4.78 is 40.9. The summed E-state index contributed by atoms with van der Waals surface area (Å²) in [6.07, 6.45) is 1.23. The first-order valence-electron chi connectivity index (χ1n) is 6.93. The zero-order chi connectivity index (χ0) is 15.2. The summed E-state index contributed by atoms with van der Waals surface area (Å²) in [6.45, 7) is 6.05. The molecule has 0 saturated heterocycles. The predicted molar refractivity (Wildman–Crippen MR) is 75.7 cm³/mol. The van der Waals surface area contributed by atoms with E-state index >= 15 is 0 Å². The topological polar surface area (TPSA) is 9.23 Å². The fourth-order valence-corrected chi connectivity index (χ4v) is 2.08. The van der Waals surface area contributed by atoms with Gasteiger partial charge in [0.15, 0.2) is 0 Å². The van der Waals surface area contributed by atoms with E-state index in [0.717, 1.165) is 42.4 Å². The second-order valence-electron chi connectivity index (χ2n) is 4.79. The third-order valence-electron chi connectivity index (χ3n) is 2.99. The van der Waals surface area contributed by atoms with Crippen LogP contribution in [0.15, 0.2) is 24.3 Å². The average Bonchev–Trinajstić information content (AvgIpc) is 2.35. The first-order chi connectivity index (χ1) is 9.37. The van der Waals surface area contributed by atoms with Gasteiger partial charge in [0.25, 0.3) is 0 Å². The van der Waals surface area contributed by atoms with E-state index in [1.807, 2.05) is 6.92 Å². The summed E-state index contributed by atoms with van der Waals surface area (Å²) in [7, 11) is 0. The van der Waals surface area contributed by atoms with Crippen LogP contribution >= 0.6 is 0 Å². The van der Waals surface area contributed by atoms with E-state index in [0.29, 0.717) is 0 Å². The van der Waals surface area contributed by atoms with E-state index in [1.54, 1.807) is 6.07 Å². The van der Waals surface area contributed by atoms with Crippen molar-refractivity contribution in [3.05, 3.63) is 35.4 Å². The van der Waals surface area contributed by atoms with E-state index in [4.69, 9.17) is 0 Å². The number of hydrogen-bond donors (Lipinski definition) is 0. The van der Waals surface area contributed by atoms with Crippen LogP contribution in [0.1, 0.15) is 50.7 Å². The molecule has 0 aliphatic rings. The van der Waals surface area contributed by atoms with E-state index in [9.17, 15) is 13.2 Å². The summed E-state index contributed by atoms with van der Waals surface area (Å²) in [5.41, 5.74) is 2.91. The highest BCUT2D eigenvalue weighted by Crippen LogP contribution is 2.30. The highest BCUT2D eigenvalue weighted by molar-refractivity contribution is 5.69. The molecule has 0 bridgehead atoms. The molecule has 0 unspecified atom stereocenters. The van der Waals surface area contributed by atoms with E-state index in [1.165, 1.54) is 12.1 Å². The van der Waals surface area contributed by atoms with Crippen molar-refractivity contribution in [1.29, 1.82) is 0 Å². The summed E-state index contributed by atoms with van der Waals surface area (Å²) in [5, 5.41) is 0. The molecule has 112 valence electrons. The molecule has 1 aromatic rings. The monoisotopic (exact) mass is 286 g/mol. The van der Waals surface area contributed by atoms with Crippen molar-refractivity contribution in [2.75, 3.05) is 0 Å². The molecule has 0 spiro atoms. The molecule has 0 saturated carbocycles. The molecule has 20 heavy (non-hydrogen) atoms. The van der Waals surface area contributed by atoms with Gasteiger partial charge in [-0.15, -0.1) is 13.2 Å². The van der Waals surface area contributed by atoms with Gasteiger partial charge in [-0.25, -0.2) is 0 Å². The van der Waals surface area contributed by atoms with Crippen LogP contribution in [0, 0.1) is 6.92 Å². The molecule has 0 N–H and O–H groups in total. The molecule has 4 heteroatoms. The fraction of sp³-hybridized carbons (Fsp3) is 0.500. The normalized spacial score (nSPS) is 12.6. The van der Waals surface area contributed by atoms with Crippen LogP contribution in [0.5, 0.6) is 5.75 Å². The lowest BCUT2D eigenvalue weighted by Gasteiger charge is -2.14. The highest BCUT2D eigenvalue weighted by Gasteiger charge is 2.31. The van der Waals surface area contributed by atoms with Crippen molar-refractivity contribution in [3.8, 4) is 5.75 Å². The highest BCUT2D eigenvalue weighted by atomic mass is 19.4. The van der Waals surface area contributed by atoms with E-state index in [-0.39, 0.29) is 5.75 Å². The lowest BCUT2D eigenvalue weighted by Crippen LogP contribution is -2.17. The van der Waals surface area contributed by atoms with Gasteiger partial charge >= 0.3 is 6.36 Å². The van der Waals surface area contributed by atoms with Gasteiger partial charge in [0.1, 0.15) is 5.75 Å². The second kappa shape index (κ2) is 7.36. The standard InChI is InChI=1S/C16H21F3O/c1-4-6-8-13(7-5-2)15-11-14(10-9-12(15)3)20-16(17,18)19/h8-11H,4-7H2,1-3H3/b13-8-. The van der Waals surface area contributed by atoms with E-state index < -0.39 is 6.36 Å². The molecule has 1 aromatic carbocycles. The van der Waals surface area contributed by atoms with Gasteiger partial charge in [-0.1, -0.05) is 38.8 Å². The summed E-state index contributed by atoms with van der Waals surface area (Å²) in [6, 6.07) is 4.52. The molecule has 0 aliphatic carbocycles. The van der Waals surface area contributed by atoms with Gasteiger partial charge in [0.2, 0.25) is 0 Å². The third-order valence-corrected chi connectivity index (χ3v) is 2.99. The van der Waals surface area contributed by atoms with Crippen LogP contribution < -0.4 is 4.74 Å². The van der Waals surface area contributed by atoms with Gasteiger partial charge < -0.3 is 4.74 Å². The Morgan fingerprint density at radius 2 is 1.90 bits per heavy atom. The quantitative estimate of drug-likeness (QED) is 0.634. The molecule has 0 aliphatic heterocycles. The smallest absolute Gasteiger partial charge is 0.406 e. The molecule has 0 radical (unpaired) electrons. The molecule has 0 heterocycles. The van der Waals surface area contributed by atoms with Gasteiger partial charge in [0.05, 0.1) is 0 Å². The SMILES string of the molecule is CCC/C=C(/CCC)c1cc(OC(F)(F)F)ccc1C. The van der Waals surface area contributed by atoms with Gasteiger partial charge in [-0.2, -0.15) is 0 Å². The van der Waals surface area contributed by atoms with Crippen LogP contribution in [0.25, 0.3) is 5.57 Å². The molecule has 0 aromatic heterocycles. The van der Waals surface area contributed by atoms with Gasteiger partial charge in [-0.05, 0) is 48.6 Å². The van der Waals surface area contributed by atoms with Gasteiger partial charge in [-0.3, -0.25) is 0 Å². The number of allylic oxidation sites excluding steroid dienone is 2. The zero-order valence-corrected chi connectivity index (χ0v) is 12.2. The summed E-state index contributed by atoms with van der Waals surface area (Å²) in [4.78, 5) is 0. The van der Waals surface area contributed by atoms with Crippen LogP contribution in [-0.4, -0.2) is 6.36 Å². The first kappa shape index (κ1) is 16.6. The Morgan fingerprint density at radius 1 is 1.20 bits per heavy atom. The molecule has 0 atom stereocenters. The largest absolute Gasteiger partial charge is 0.573 e. The predicted octanol–water partition coefficient (Wildman–Crippen LogP) is 5.88. The summed E-state index contributed by atoms with van der Waals surface area (Å²) >= 11 is 0. The minimum atomic E-state index is -4.65. The van der Waals surface area contributed by atoms with Crippen LogP contribution in [-0.2, 0) is 0 Å². The van der Waals surface area contributed by atoms with Crippen molar-refractivity contribution in [2.45, 2.75) is 52.8 Å². The Kier molecular flexibility index (Phi) is 6.11. The Hall–Kier alpha value is -1.45. The summed E-state index contributed by atoms with van der Waals surface area (Å²) in [5.74, 6) is -0.156. The van der Waals surface area contributed by atoms with Crippen LogP contribution in [0.2, 0.25) is 0 Å². The van der Waals surface area contributed by atoms with E-state index in [2.05, 4.69) is 24.7 Å². The fourth-order valence-electron chi connectivity index (χ4n) is 2.08. The molecular weight excluding hydrogens is 265 g/mol. The van der Waals surface area contributed by atoms with Crippen molar-refractivity contribution >= 4 is 5.57 Å². The molecule has 1 nitrogen and oxygen atoms in total. The second-order valence-corrected chi connectivity index (χ2v) is 4.79. The minimum absolute atomic E-state index is 0.156. The maximum Gasteiger partial charge on any atom is 0.573 e. The number of rotatable bonds is 6. The molecule has 1 rings (SSSR count). The lowest BCUT2D eigenvalue weighted by molar-refractivity contribution is -0.274. The first-order valence-corrected chi connectivity index (χ1v) is 6.93. The molecular formula is C16H21F3O. The minimum Gasteiger partial charge on any atom is -0.406 e. The third kappa shape index (κ3) is 5.27. The Labute approximate surface area is 118 Å². The van der Waals surface area contributed by atoms with Crippen LogP contribution in [0.3, 0.4) is 0 Å². The number of hydrogen-bond acceptors (Lipinski definition) is 1. The number of aryl methyl sites for hydroxylation is 1. The average molecular weight is 286 g/mol. The number of halogens is 3. The van der Waals surface area contributed by atoms with Gasteiger partial charge in [0, 0.05) is 0 Å². The van der Waals surface area contributed by atoms with Crippen molar-refractivity contribution < 1.29 is 17.9 Å². The lowest BCUT2D eigenvalue weighted by atomic mass is 9.95. The number of benzene rings is 1. The maximum absolute atomic E-state index is 12.3.